The first-order chi connectivity index (χ1) is 11.8. The molecule has 0 saturated heterocycles. The first kappa shape index (κ1) is 21.6. The molecule has 144 valence electrons. The summed E-state index contributed by atoms with van der Waals surface area (Å²) in [6.45, 7) is -2.67. The highest BCUT2D eigenvalue weighted by atomic mass is 19.3. The van der Waals surface area contributed by atoms with Gasteiger partial charge in [-0.15, -0.1) is 0 Å². The summed E-state index contributed by atoms with van der Waals surface area (Å²) in [5, 5.41) is 0. The van der Waals surface area contributed by atoms with Gasteiger partial charge in [0, 0.05) is 0 Å². The molecule has 0 aromatic heterocycles. The number of hydrogen-bond acceptors (Lipinski definition) is 1. The Morgan fingerprint density at radius 1 is 0.385 bits per heavy atom. The molecule has 13 heteroatoms. The Morgan fingerprint density at radius 3 is 0.654 bits per heavy atom. The van der Waals surface area contributed by atoms with Crippen molar-refractivity contribution in [3.8, 4) is 11.1 Å². The molecule has 0 radical (unpaired) electrons. The van der Waals surface area contributed by atoms with E-state index in [-0.39, 0.29) is 0 Å². The van der Waals surface area contributed by atoms with Crippen molar-refractivity contribution in [2.45, 2.75) is 6.55 Å². The van der Waals surface area contributed by atoms with Crippen molar-refractivity contribution in [3.63, 3.8) is 0 Å². The first-order valence-electron chi connectivity index (χ1n) is 5.91. The molecule has 0 amide bonds. The number of rotatable bonds is 1. The Kier molecular flexibility index (Phi) is 6.52. The van der Waals surface area contributed by atoms with Gasteiger partial charge >= 0.3 is 0 Å². The molecule has 0 fully saturated rings. The Bertz CT molecular complexity index is 720. The van der Waals surface area contributed by atoms with Crippen LogP contribution < -0.4 is 5.73 Å². The number of alkyl halides is 2. The summed E-state index contributed by atoms with van der Waals surface area (Å²) in [5.74, 6) is -26.6. The molecule has 0 saturated carbocycles. The zero-order chi connectivity index (χ0) is 20.5. The summed E-state index contributed by atoms with van der Waals surface area (Å²) < 4.78 is 151. The van der Waals surface area contributed by atoms with E-state index in [1.165, 1.54) is 0 Å². The standard InChI is InChI=1S/C12F10.CH3F2N/c13-3-1(4(14)8(18)11(21)7(3)17)2-5(15)9(19)12(22)10(20)6(2)16;2-1(3)4/h;1H,4H2. The Balaban J connectivity index is 0.000000765. The minimum atomic E-state index is -2.68. The first-order valence-corrected chi connectivity index (χ1v) is 5.91. The van der Waals surface area contributed by atoms with Gasteiger partial charge in [0.25, 0.3) is 6.55 Å². The Hall–Kier alpha value is -2.44. The van der Waals surface area contributed by atoms with E-state index < -0.39 is 75.8 Å². The lowest BCUT2D eigenvalue weighted by Gasteiger charge is -2.11. The minimum Gasteiger partial charge on any atom is -0.275 e. The molecule has 0 spiro atoms. The van der Waals surface area contributed by atoms with Crippen molar-refractivity contribution >= 4 is 0 Å². The lowest BCUT2D eigenvalue weighted by molar-refractivity contribution is 0.157. The lowest BCUT2D eigenvalue weighted by atomic mass is 10.0. The average molecular weight is 401 g/mol. The number of hydrogen-bond donors (Lipinski definition) is 1. The van der Waals surface area contributed by atoms with Crippen LogP contribution in [0.4, 0.5) is 52.7 Å². The van der Waals surface area contributed by atoms with Gasteiger partial charge in [0.15, 0.2) is 46.5 Å². The molecule has 0 heterocycles. The smallest absolute Gasteiger partial charge is 0.275 e. The van der Waals surface area contributed by atoms with Gasteiger partial charge in [-0.05, 0) is 0 Å². The van der Waals surface area contributed by atoms with Gasteiger partial charge in [-0.2, -0.15) is 8.78 Å². The van der Waals surface area contributed by atoms with Crippen LogP contribution in [0.3, 0.4) is 0 Å². The van der Waals surface area contributed by atoms with Gasteiger partial charge in [-0.1, -0.05) is 0 Å². The lowest BCUT2D eigenvalue weighted by Crippen LogP contribution is -2.10. The zero-order valence-electron chi connectivity index (χ0n) is 11.7. The van der Waals surface area contributed by atoms with Crippen LogP contribution in [0.15, 0.2) is 0 Å². The largest absolute Gasteiger partial charge is 0.289 e. The summed E-state index contributed by atoms with van der Waals surface area (Å²) >= 11 is 0. The average Bonchev–Trinajstić information content (AvgIpc) is 2.57. The molecule has 0 aliphatic carbocycles. The topological polar surface area (TPSA) is 26.0 Å². The molecule has 0 aliphatic heterocycles. The molecule has 0 aliphatic rings. The molecule has 2 aromatic rings. The molecule has 2 N–H and O–H groups in total. The number of halogens is 12. The number of benzene rings is 2. The van der Waals surface area contributed by atoms with E-state index in [1.54, 1.807) is 0 Å². The summed E-state index contributed by atoms with van der Waals surface area (Å²) in [7, 11) is 0. The molecule has 0 unspecified atom stereocenters. The normalized spacial score (nSPS) is 10.8. The second kappa shape index (κ2) is 7.85. The van der Waals surface area contributed by atoms with Crippen molar-refractivity contribution < 1.29 is 52.7 Å². The number of nitrogens with two attached hydrogens (primary N) is 1. The van der Waals surface area contributed by atoms with Crippen LogP contribution in [-0.4, -0.2) is 6.55 Å². The zero-order valence-corrected chi connectivity index (χ0v) is 11.7. The maximum atomic E-state index is 13.4. The van der Waals surface area contributed by atoms with Gasteiger partial charge in [-0.25, -0.2) is 43.9 Å². The summed E-state index contributed by atoms with van der Waals surface area (Å²) in [6, 6.07) is 0. The van der Waals surface area contributed by atoms with Gasteiger partial charge < -0.3 is 0 Å². The van der Waals surface area contributed by atoms with E-state index in [0.717, 1.165) is 0 Å². The van der Waals surface area contributed by atoms with Crippen molar-refractivity contribution in [2.24, 2.45) is 5.73 Å². The highest BCUT2D eigenvalue weighted by molar-refractivity contribution is 5.67. The van der Waals surface area contributed by atoms with Gasteiger partial charge in [-0.3, -0.25) is 5.73 Å². The van der Waals surface area contributed by atoms with Crippen LogP contribution in [0.1, 0.15) is 0 Å². The van der Waals surface area contributed by atoms with Crippen LogP contribution in [0, 0.1) is 58.2 Å². The minimum absolute atomic E-state index is 2.26. The monoisotopic (exact) mass is 401 g/mol. The SMILES string of the molecule is Fc1c(F)c(F)c(-c2c(F)c(F)c(F)c(F)c2F)c(F)c1F.NC(F)F. The fourth-order valence-electron chi connectivity index (χ4n) is 1.65. The van der Waals surface area contributed by atoms with E-state index in [0.29, 0.717) is 0 Å². The molecular formula is C13H3F12N. The second-order valence-corrected chi connectivity index (χ2v) is 4.22. The van der Waals surface area contributed by atoms with Crippen LogP contribution >= 0.6 is 0 Å². The summed E-state index contributed by atoms with van der Waals surface area (Å²) in [4.78, 5) is 0. The van der Waals surface area contributed by atoms with E-state index in [4.69, 9.17) is 0 Å². The van der Waals surface area contributed by atoms with Crippen LogP contribution in [0.25, 0.3) is 11.1 Å². The van der Waals surface area contributed by atoms with E-state index in [2.05, 4.69) is 5.73 Å². The molecular weight excluding hydrogens is 398 g/mol. The predicted molar refractivity (Wildman–Crippen MR) is 61.6 cm³/mol. The second-order valence-electron chi connectivity index (χ2n) is 4.22. The predicted octanol–water partition coefficient (Wildman–Crippen LogP) is 4.91. The van der Waals surface area contributed by atoms with E-state index in [1.807, 2.05) is 0 Å². The fraction of sp³-hybridized carbons (Fsp3) is 0.0769. The Morgan fingerprint density at radius 2 is 0.500 bits per heavy atom. The maximum absolute atomic E-state index is 13.4. The van der Waals surface area contributed by atoms with E-state index >= 15 is 0 Å². The van der Waals surface area contributed by atoms with Gasteiger partial charge in [0.05, 0.1) is 11.1 Å². The molecule has 0 bridgehead atoms. The summed E-state index contributed by atoms with van der Waals surface area (Å²) in [5.41, 5.74) is -0.742. The third-order valence-electron chi connectivity index (χ3n) is 2.67. The van der Waals surface area contributed by atoms with Crippen LogP contribution in [-0.2, 0) is 0 Å². The molecule has 2 aromatic carbocycles. The fourth-order valence-corrected chi connectivity index (χ4v) is 1.65. The van der Waals surface area contributed by atoms with Crippen molar-refractivity contribution in [2.75, 3.05) is 0 Å². The highest BCUT2D eigenvalue weighted by Crippen LogP contribution is 2.37. The summed E-state index contributed by atoms with van der Waals surface area (Å²) in [6.07, 6.45) is 0. The third-order valence-corrected chi connectivity index (χ3v) is 2.67. The quantitative estimate of drug-likeness (QED) is 0.313. The van der Waals surface area contributed by atoms with Crippen LogP contribution in [0.2, 0.25) is 0 Å². The molecule has 2 rings (SSSR count). The van der Waals surface area contributed by atoms with Crippen molar-refractivity contribution in [1.82, 2.24) is 0 Å². The van der Waals surface area contributed by atoms with Crippen molar-refractivity contribution in [3.05, 3.63) is 58.2 Å². The Labute approximate surface area is 135 Å². The highest BCUT2D eigenvalue weighted by Gasteiger charge is 2.34. The van der Waals surface area contributed by atoms with Gasteiger partial charge in [0.2, 0.25) is 11.6 Å². The maximum Gasteiger partial charge on any atom is 0.289 e. The van der Waals surface area contributed by atoms with Crippen molar-refractivity contribution in [1.29, 1.82) is 0 Å². The molecule has 1 nitrogen and oxygen atoms in total. The van der Waals surface area contributed by atoms with Gasteiger partial charge in [0.1, 0.15) is 0 Å². The molecule has 26 heavy (non-hydrogen) atoms. The van der Waals surface area contributed by atoms with Crippen LogP contribution in [0.5, 0.6) is 0 Å². The molecule has 0 atom stereocenters. The van der Waals surface area contributed by atoms with E-state index in [9.17, 15) is 52.7 Å². The third kappa shape index (κ3) is 3.71.